The second-order valence-electron chi connectivity index (χ2n) is 6.23. The van der Waals surface area contributed by atoms with Crippen LogP contribution in [0.15, 0.2) is 36.4 Å². The van der Waals surface area contributed by atoms with Crippen LogP contribution in [0.5, 0.6) is 0 Å². The van der Waals surface area contributed by atoms with Gasteiger partial charge in [0.2, 0.25) is 0 Å². The molecule has 3 aromatic rings. The molecule has 25 heavy (non-hydrogen) atoms. The van der Waals surface area contributed by atoms with Crippen molar-refractivity contribution in [3.8, 4) is 0 Å². The van der Waals surface area contributed by atoms with Gasteiger partial charge in [0.25, 0.3) is 5.91 Å². The van der Waals surface area contributed by atoms with E-state index in [1.54, 1.807) is 0 Å². The number of aromatic nitrogens is 1. The standard InChI is InChI=1S/C19H20N4OS/c1-2-23-9-8-15-12(11-23)10-14-16(20)17(25-19(14)22-15)18(24)21-13-6-4-3-5-7-13/h3-7,10H,2,8-9,11,20H2,1H3,(H,21,24). The number of nitrogens with two attached hydrogens (primary N) is 1. The molecule has 1 amide bonds. The Morgan fingerprint density at radius 2 is 2.16 bits per heavy atom. The number of para-hydroxylation sites is 1. The predicted octanol–water partition coefficient (Wildman–Crippen LogP) is 3.51. The number of nitrogen functional groups attached to an aromatic ring is 1. The van der Waals surface area contributed by atoms with E-state index in [1.165, 1.54) is 16.9 Å². The molecule has 1 aliphatic heterocycles. The zero-order valence-electron chi connectivity index (χ0n) is 14.1. The number of rotatable bonds is 3. The van der Waals surface area contributed by atoms with Gasteiger partial charge in [0.05, 0.1) is 5.69 Å². The Morgan fingerprint density at radius 3 is 2.92 bits per heavy atom. The topological polar surface area (TPSA) is 71.2 Å². The van der Waals surface area contributed by atoms with E-state index in [1.807, 2.05) is 30.3 Å². The highest BCUT2D eigenvalue weighted by Crippen LogP contribution is 2.35. The first-order chi connectivity index (χ1) is 12.2. The van der Waals surface area contributed by atoms with Gasteiger partial charge in [-0.1, -0.05) is 25.1 Å². The summed E-state index contributed by atoms with van der Waals surface area (Å²) in [5, 5.41) is 3.79. The van der Waals surface area contributed by atoms with Crippen molar-refractivity contribution in [3.05, 3.63) is 52.5 Å². The van der Waals surface area contributed by atoms with Crippen LogP contribution in [-0.4, -0.2) is 28.9 Å². The summed E-state index contributed by atoms with van der Waals surface area (Å²) in [6.45, 7) is 5.13. The molecular formula is C19H20N4OS. The number of nitrogens with zero attached hydrogens (tertiary/aromatic N) is 2. The molecule has 4 rings (SSSR count). The maximum Gasteiger partial charge on any atom is 0.267 e. The molecule has 6 heteroatoms. The van der Waals surface area contributed by atoms with Crippen LogP contribution >= 0.6 is 11.3 Å². The minimum Gasteiger partial charge on any atom is -0.397 e. The third kappa shape index (κ3) is 2.99. The SMILES string of the molecule is CCN1CCc2nc3sc(C(=O)Nc4ccccc4)c(N)c3cc2C1. The second-order valence-corrected chi connectivity index (χ2v) is 7.23. The summed E-state index contributed by atoms with van der Waals surface area (Å²) in [7, 11) is 0. The number of pyridine rings is 1. The normalized spacial score (nSPS) is 14.4. The number of hydrogen-bond donors (Lipinski definition) is 2. The van der Waals surface area contributed by atoms with E-state index >= 15 is 0 Å². The van der Waals surface area contributed by atoms with Gasteiger partial charge >= 0.3 is 0 Å². The van der Waals surface area contributed by atoms with E-state index in [-0.39, 0.29) is 5.91 Å². The highest BCUT2D eigenvalue weighted by Gasteiger charge is 2.22. The Kier molecular flexibility index (Phi) is 4.15. The maximum atomic E-state index is 12.6. The van der Waals surface area contributed by atoms with Crippen molar-refractivity contribution >= 4 is 38.8 Å². The Morgan fingerprint density at radius 1 is 1.36 bits per heavy atom. The van der Waals surface area contributed by atoms with Gasteiger partial charge in [-0.2, -0.15) is 0 Å². The molecule has 1 aromatic carbocycles. The first-order valence-electron chi connectivity index (χ1n) is 8.45. The van der Waals surface area contributed by atoms with Gasteiger partial charge < -0.3 is 11.1 Å². The number of thiophene rings is 1. The lowest BCUT2D eigenvalue weighted by molar-refractivity contribution is 0.103. The number of hydrogen-bond acceptors (Lipinski definition) is 5. The fraction of sp³-hybridized carbons (Fsp3) is 0.263. The summed E-state index contributed by atoms with van der Waals surface area (Å²) in [6.07, 6.45) is 0.947. The summed E-state index contributed by atoms with van der Waals surface area (Å²) in [4.78, 5) is 21.2. The van der Waals surface area contributed by atoms with E-state index in [4.69, 9.17) is 10.7 Å². The van der Waals surface area contributed by atoms with Crippen molar-refractivity contribution < 1.29 is 4.79 Å². The first-order valence-corrected chi connectivity index (χ1v) is 9.27. The number of carbonyl (C=O) groups excluding carboxylic acids is 1. The Hall–Kier alpha value is -2.44. The van der Waals surface area contributed by atoms with Gasteiger partial charge in [-0.15, -0.1) is 11.3 Å². The van der Waals surface area contributed by atoms with Crippen LogP contribution in [0.4, 0.5) is 11.4 Å². The van der Waals surface area contributed by atoms with Crippen LogP contribution < -0.4 is 11.1 Å². The summed E-state index contributed by atoms with van der Waals surface area (Å²) in [6, 6.07) is 11.5. The number of benzene rings is 1. The van der Waals surface area contributed by atoms with Crippen molar-refractivity contribution in [2.45, 2.75) is 19.9 Å². The van der Waals surface area contributed by atoms with Gasteiger partial charge in [-0.25, -0.2) is 4.98 Å². The maximum absolute atomic E-state index is 12.6. The van der Waals surface area contributed by atoms with E-state index in [2.05, 4.69) is 23.2 Å². The third-order valence-corrected chi connectivity index (χ3v) is 5.75. The fourth-order valence-corrected chi connectivity index (χ4v) is 4.20. The number of nitrogens with one attached hydrogen (secondary N) is 1. The van der Waals surface area contributed by atoms with Crippen LogP contribution in [0.25, 0.3) is 10.2 Å². The van der Waals surface area contributed by atoms with Crippen molar-refractivity contribution in [3.63, 3.8) is 0 Å². The molecule has 2 aromatic heterocycles. The molecule has 3 heterocycles. The minimum absolute atomic E-state index is 0.181. The largest absolute Gasteiger partial charge is 0.397 e. The molecule has 0 spiro atoms. The quantitative estimate of drug-likeness (QED) is 0.757. The molecule has 0 saturated carbocycles. The lowest BCUT2D eigenvalue weighted by Crippen LogP contribution is -2.30. The van der Waals surface area contributed by atoms with Crippen LogP contribution in [0.2, 0.25) is 0 Å². The average Bonchev–Trinajstić information content (AvgIpc) is 2.96. The molecule has 5 nitrogen and oxygen atoms in total. The number of likely N-dealkylation sites (N-methyl/N-ethyl adjacent to an activating group) is 1. The molecule has 0 saturated heterocycles. The monoisotopic (exact) mass is 352 g/mol. The van der Waals surface area contributed by atoms with E-state index in [0.29, 0.717) is 10.6 Å². The van der Waals surface area contributed by atoms with Crippen LogP contribution in [0.3, 0.4) is 0 Å². The molecule has 0 aliphatic carbocycles. The van der Waals surface area contributed by atoms with Gasteiger partial charge in [-0.3, -0.25) is 9.69 Å². The first kappa shape index (κ1) is 16.1. The van der Waals surface area contributed by atoms with Crippen molar-refractivity contribution in [1.82, 2.24) is 9.88 Å². The molecule has 128 valence electrons. The van der Waals surface area contributed by atoms with Gasteiger partial charge in [0.15, 0.2) is 0 Å². The fourth-order valence-electron chi connectivity index (χ4n) is 3.20. The number of anilines is 2. The lowest BCUT2D eigenvalue weighted by Gasteiger charge is -2.26. The zero-order chi connectivity index (χ0) is 17.4. The number of amides is 1. The minimum atomic E-state index is -0.181. The zero-order valence-corrected chi connectivity index (χ0v) is 14.9. The van der Waals surface area contributed by atoms with Crippen molar-refractivity contribution in [2.24, 2.45) is 0 Å². The Bertz CT molecular complexity index is 935. The number of carbonyl (C=O) groups is 1. The smallest absolute Gasteiger partial charge is 0.267 e. The molecule has 0 radical (unpaired) electrons. The Balaban J connectivity index is 1.69. The van der Waals surface area contributed by atoms with Crippen LogP contribution in [0, 0.1) is 0 Å². The molecule has 3 N–H and O–H groups in total. The molecule has 0 atom stereocenters. The highest BCUT2D eigenvalue weighted by atomic mass is 32.1. The van der Waals surface area contributed by atoms with Gasteiger partial charge in [-0.05, 0) is 30.3 Å². The lowest BCUT2D eigenvalue weighted by atomic mass is 10.0. The summed E-state index contributed by atoms with van der Waals surface area (Å²) < 4.78 is 0. The Labute approximate surface area is 150 Å². The van der Waals surface area contributed by atoms with Gasteiger partial charge in [0.1, 0.15) is 9.71 Å². The van der Waals surface area contributed by atoms with Crippen molar-refractivity contribution in [1.29, 1.82) is 0 Å². The average molecular weight is 352 g/mol. The molecule has 0 fully saturated rings. The van der Waals surface area contributed by atoms with E-state index in [9.17, 15) is 4.79 Å². The van der Waals surface area contributed by atoms with Crippen molar-refractivity contribution in [2.75, 3.05) is 24.1 Å². The second kappa shape index (κ2) is 6.46. The number of fused-ring (bicyclic) bond motifs is 2. The van der Waals surface area contributed by atoms with Crippen LogP contribution in [-0.2, 0) is 13.0 Å². The summed E-state index contributed by atoms with van der Waals surface area (Å²) >= 11 is 1.37. The van der Waals surface area contributed by atoms with Gasteiger partial charge in [0, 0.05) is 36.3 Å². The summed E-state index contributed by atoms with van der Waals surface area (Å²) in [5.74, 6) is -0.181. The molecule has 0 unspecified atom stereocenters. The van der Waals surface area contributed by atoms with Crippen LogP contribution in [0.1, 0.15) is 27.9 Å². The highest BCUT2D eigenvalue weighted by molar-refractivity contribution is 7.21. The molecular weight excluding hydrogens is 332 g/mol. The summed E-state index contributed by atoms with van der Waals surface area (Å²) in [5.41, 5.74) is 9.93. The van der Waals surface area contributed by atoms with E-state index < -0.39 is 0 Å². The molecule has 0 bridgehead atoms. The molecule has 1 aliphatic rings. The third-order valence-electron chi connectivity index (χ3n) is 4.63. The van der Waals surface area contributed by atoms with E-state index in [0.717, 1.165) is 47.7 Å². The predicted molar refractivity (Wildman–Crippen MR) is 103 cm³/mol.